The number of hydrogen-bond acceptors (Lipinski definition) is 6. The second-order valence-electron chi connectivity index (χ2n) is 6.03. The standard InChI is InChI=1S/C19H32N2O6/c1-4-6-8-18(24)27-14-15(3)21-19(25)16(7-5-2)13-17(23)20-9-11-26-12-10-22/h4-5,15-16,22H,1-2,6-14H2,3H3,(H,20,23)(H,21,25)/t15-,16+/m0/s1. The molecule has 27 heavy (non-hydrogen) atoms. The van der Waals surface area contributed by atoms with Gasteiger partial charge in [-0.1, -0.05) is 12.2 Å². The van der Waals surface area contributed by atoms with E-state index in [2.05, 4.69) is 23.8 Å². The maximum absolute atomic E-state index is 12.4. The molecule has 0 fully saturated rings. The molecule has 0 aliphatic carbocycles. The van der Waals surface area contributed by atoms with Crippen LogP contribution in [0.15, 0.2) is 25.3 Å². The molecule has 2 atom stereocenters. The Hall–Kier alpha value is -2.19. The van der Waals surface area contributed by atoms with Crippen molar-refractivity contribution in [3.63, 3.8) is 0 Å². The van der Waals surface area contributed by atoms with Crippen molar-refractivity contribution in [2.24, 2.45) is 5.92 Å². The quantitative estimate of drug-likeness (QED) is 0.205. The van der Waals surface area contributed by atoms with Crippen molar-refractivity contribution in [2.45, 2.75) is 38.6 Å². The average Bonchev–Trinajstić information content (AvgIpc) is 2.64. The first kappa shape index (κ1) is 24.8. The molecule has 0 aliphatic rings. The summed E-state index contributed by atoms with van der Waals surface area (Å²) in [6.07, 6.45) is 4.39. The molecule has 0 aromatic heterocycles. The van der Waals surface area contributed by atoms with Gasteiger partial charge in [0.1, 0.15) is 6.61 Å². The van der Waals surface area contributed by atoms with E-state index in [1.54, 1.807) is 19.1 Å². The number of amides is 2. The lowest BCUT2D eigenvalue weighted by atomic mass is 9.99. The summed E-state index contributed by atoms with van der Waals surface area (Å²) in [5.74, 6) is -1.47. The third kappa shape index (κ3) is 13.6. The molecule has 0 aromatic carbocycles. The Morgan fingerprint density at radius 2 is 1.93 bits per heavy atom. The highest BCUT2D eigenvalue weighted by Crippen LogP contribution is 2.10. The molecular formula is C19H32N2O6. The third-order valence-electron chi connectivity index (χ3n) is 3.49. The van der Waals surface area contributed by atoms with Gasteiger partial charge in [-0.15, -0.1) is 13.2 Å². The summed E-state index contributed by atoms with van der Waals surface area (Å²) < 4.78 is 10.1. The zero-order valence-corrected chi connectivity index (χ0v) is 16.1. The highest BCUT2D eigenvalue weighted by molar-refractivity contribution is 5.86. The third-order valence-corrected chi connectivity index (χ3v) is 3.49. The van der Waals surface area contributed by atoms with Crippen LogP contribution in [-0.2, 0) is 23.9 Å². The van der Waals surface area contributed by atoms with Gasteiger partial charge in [-0.2, -0.15) is 0 Å². The Morgan fingerprint density at radius 1 is 1.19 bits per heavy atom. The van der Waals surface area contributed by atoms with Crippen LogP contribution < -0.4 is 10.6 Å². The summed E-state index contributed by atoms with van der Waals surface area (Å²) in [6.45, 7) is 9.69. The molecule has 8 heteroatoms. The monoisotopic (exact) mass is 384 g/mol. The molecule has 0 unspecified atom stereocenters. The maximum Gasteiger partial charge on any atom is 0.306 e. The van der Waals surface area contributed by atoms with Gasteiger partial charge in [-0.3, -0.25) is 14.4 Å². The lowest BCUT2D eigenvalue weighted by molar-refractivity contribution is -0.145. The van der Waals surface area contributed by atoms with Crippen LogP contribution in [0.1, 0.15) is 32.6 Å². The molecule has 0 spiro atoms. The zero-order valence-electron chi connectivity index (χ0n) is 16.1. The van der Waals surface area contributed by atoms with Crippen molar-refractivity contribution >= 4 is 17.8 Å². The van der Waals surface area contributed by atoms with E-state index in [1.807, 2.05) is 0 Å². The fraction of sp³-hybridized carbons (Fsp3) is 0.632. The number of carbonyl (C=O) groups is 3. The maximum atomic E-state index is 12.4. The van der Waals surface area contributed by atoms with Gasteiger partial charge in [0.2, 0.25) is 11.8 Å². The first-order valence-corrected chi connectivity index (χ1v) is 9.07. The molecule has 0 radical (unpaired) electrons. The molecule has 0 saturated carbocycles. The van der Waals surface area contributed by atoms with Gasteiger partial charge in [-0.05, 0) is 19.8 Å². The van der Waals surface area contributed by atoms with Crippen LogP contribution in [0.25, 0.3) is 0 Å². The Labute approximate surface area is 161 Å². The van der Waals surface area contributed by atoms with Gasteiger partial charge in [0.05, 0.1) is 31.8 Å². The first-order chi connectivity index (χ1) is 12.9. The highest BCUT2D eigenvalue weighted by Gasteiger charge is 2.22. The minimum Gasteiger partial charge on any atom is -0.463 e. The Morgan fingerprint density at radius 3 is 2.56 bits per heavy atom. The van der Waals surface area contributed by atoms with Crippen LogP contribution in [0, 0.1) is 5.92 Å². The number of carbonyl (C=O) groups excluding carboxylic acids is 3. The van der Waals surface area contributed by atoms with Gasteiger partial charge < -0.3 is 25.2 Å². The van der Waals surface area contributed by atoms with Crippen molar-refractivity contribution in [1.29, 1.82) is 0 Å². The number of allylic oxidation sites excluding steroid dienone is 2. The second-order valence-corrected chi connectivity index (χ2v) is 6.03. The second kappa shape index (κ2) is 16.0. The SMILES string of the molecule is C=CCCC(=O)OC[C@H](C)NC(=O)[C@H](CC=C)CC(=O)NCCOCCO. The van der Waals surface area contributed by atoms with Crippen LogP contribution in [0.4, 0.5) is 0 Å². The fourth-order valence-electron chi connectivity index (χ4n) is 2.12. The highest BCUT2D eigenvalue weighted by atomic mass is 16.5. The molecule has 154 valence electrons. The van der Waals surface area contributed by atoms with E-state index in [-0.39, 0.29) is 56.5 Å². The summed E-state index contributed by atoms with van der Waals surface area (Å²) in [7, 11) is 0. The lowest BCUT2D eigenvalue weighted by Crippen LogP contribution is -2.41. The van der Waals surface area contributed by atoms with Crippen LogP contribution in [0.3, 0.4) is 0 Å². The molecule has 2 amide bonds. The van der Waals surface area contributed by atoms with E-state index in [1.165, 1.54) is 0 Å². The summed E-state index contributed by atoms with van der Waals surface area (Å²) in [4.78, 5) is 35.8. The summed E-state index contributed by atoms with van der Waals surface area (Å²) in [5, 5.41) is 14.0. The van der Waals surface area contributed by atoms with Gasteiger partial charge >= 0.3 is 5.97 Å². The summed E-state index contributed by atoms with van der Waals surface area (Å²) in [6, 6.07) is -0.368. The summed E-state index contributed by atoms with van der Waals surface area (Å²) in [5.41, 5.74) is 0. The van der Waals surface area contributed by atoms with E-state index >= 15 is 0 Å². The van der Waals surface area contributed by atoms with E-state index in [0.717, 1.165) is 0 Å². The minimum atomic E-state index is -0.556. The van der Waals surface area contributed by atoms with Crippen LogP contribution in [0.5, 0.6) is 0 Å². The van der Waals surface area contributed by atoms with Crippen molar-refractivity contribution in [1.82, 2.24) is 10.6 Å². The van der Waals surface area contributed by atoms with Crippen LogP contribution in [-0.4, -0.2) is 61.9 Å². The van der Waals surface area contributed by atoms with Gasteiger partial charge in [0, 0.05) is 19.4 Å². The van der Waals surface area contributed by atoms with Crippen molar-refractivity contribution < 1.29 is 29.0 Å². The van der Waals surface area contributed by atoms with Crippen molar-refractivity contribution in [2.75, 3.05) is 33.0 Å². The Kier molecular flexibility index (Phi) is 14.7. The Balaban J connectivity index is 4.28. The smallest absolute Gasteiger partial charge is 0.306 e. The van der Waals surface area contributed by atoms with E-state index in [9.17, 15) is 14.4 Å². The predicted molar refractivity (Wildman–Crippen MR) is 102 cm³/mol. The van der Waals surface area contributed by atoms with Crippen LogP contribution >= 0.6 is 0 Å². The topological polar surface area (TPSA) is 114 Å². The number of aliphatic hydroxyl groups excluding tert-OH is 1. The van der Waals surface area contributed by atoms with Crippen molar-refractivity contribution in [3.05, 3.63) is 25.3 Å². The molecule has 3 N–H and O–H groups in total. The average molecular weight is 384 g/mol. The fourth-order valence-corrected chi connectivity index (χ4v) is 2.12. The molecule has 0 saturated heterocycles. The van der Waals surface area contributed by atoms with Crippen LogP contribution in [0.2, 0.25) is 0 Å². The predicted octanol–water partition coefficient (Wildman–Crippen LogP) is 0.708. The molecule has 8 nitrogen and oxygen atoms in total. The molecule has 0 heterocycles. The number of nitrogens with one attached hydrogen (secondary N) is 2. The van der Waals surface area contributed by atoms with Crippen molar-refractivity contribution in [3.8, 4) is 0 Å². The van der Waals surface area contributed by atoms with E-state index < -0.39 is 5.92 Å². The summed E-state index contributed by atoms with van der Waals surface area (Å²) >= 11 is 0. The van der Waals surface area contributed by atoms with Gasteiger partial charge in [0.25, 0.3) is 0 Å². The molecule has 0 aliphatic heterocycles. The normalized spacial score (nSPS) is 12.5. The Bertz CT molecular complexity index is 481. The minimum absolute atomic E-state index is 0.0176. The van der Waals surface area contributed by atoms with Gasteiger partial charge in [-0.25, -0.2) is 0 Å². The molecule has 0 bridgehead atoms. The number of rotatable bonds is 16. The number of hydrogen-bond donors (Lipinski definition) is 3. The zero-order chi connectivity index (χ0) is 20.5. The first-order valence-electron chi connectivity index (χ1n) is 9.07. The van der Waals surface area contributed by atoms with Gasteiger partial charge in [0.15, 0.2) is 0 Å². The number of ether oxygens (including phenoxy) is 2. The lowest BCUT2D eigenvalue weighted by Gasteiger charge is -2.19. The van der Waals surface area contributed by atoms with E-state index in [0.29, 0.717) is 26.0 Å². The molecule has 0 aromatic rings. The number of aliphatic hydroxyl groups is 1. The molecular weight excluding hydrogens is 352 g/mol. The van der Waals surface area contributed by atoms with E-state index in [4.69, 9.17) is 14.6 Å². The largest absolute Gasteiger partial charge is 0.463 e. The molecule has 0 rings (SSSR count). The number of esters is 1.